The van der Waals surface area contributed by atoms with Crippen molar-refractivity contribution in [1.29, 1.82) is 0 Å². The molecule has 25 heavy (non-hydrogen) atoms. The number of nitrogens with zero attached hydrogens (tertiary/aromatic N) is 4. The Morgan fingerprint density at radius 3 is 2.88 bits per heavy atom. The van der Waals surface area contributed by atoms with Gasteiger partial charge >= 0.3 is 0 Å². The number of carbonyl (C=O) groups excluding carboxylic acids is 1. The summed E-state index contributed by atoms with van der Waals surface area (Å²) in [6.45, 7) is 0.415. The van der Waals surface area contributed by atoms with Crippen LogP contribution in [0.25, 0.3) is 5.57 Å². The van der Waals surface area contributed by atoms with E-state index in [2.05, 4.69) is 10.3 Å². The molecule has 0 fully saturated rings. The summed E-state index contributed by atoms with van der Waals surface area (Å²) >= 11 is 0. The molecule has 0 unspecified atom stereocenters. The average Bonchev–Trinajstić information content (AvgIpc) is 3.14. The van der Waals surface area contributed by atoms with Crippen LogP contribution in [0.4, 0.5) is 4.39 Å². The summed E-state index contributed by atoms with van der Waals surface area (Å²) in [6, 6.07) is 4.91. The molecule has 0 saturated heterocycles. The molecule has 7 nitrogen and oxygen atoms in total. The molecule has 1 aromatic carbocycles. The highest BCUT2D eigenvalue weighted by molar-refractivity contribution is 5.82. The minimum atomic E-state index is -1.41. The summed E-state index contributed by atoms with van der Waals surface area (Å²) in [5.74, 6) is -0.840. The second-order valence-corrected chi connectivity index (χ2v) is 5.84. The molecule has 132 valence electrons. The number of carbonyl (C=O) groups is 1. The molecule has 1 aromatic heterocycles. The molecule has 2 aromatic rings. The van der Waals surface area contributed by atoms with Crippen LogP contribution in [-0.2, 0) is 11.3 Å². The summed E-state index contributed by atoms with van der Waals surface area (Å²) in [5, 5.41) is 26.0. The van der Waals surface area contributed by atoms with Gasteiger partial charge in [-0.3, -0.25) is 4.79 Å². The number of aromatic nitrogens is 3. The van der Waals surface area contributed by atoms with E-state index in [4.69, 9.17) is 5.11 Å². The number of rotatable bonds is 5. The van der Waals surface area contributed by atoms with Crippen LogP contribution in [0.1, 0.15) is 17.5 Å². The Balaban J connectivity index is 1.83. The molecule has 1 amide bonds. The van der Waals surface area contributed by atoms with Gasteiger partial charge < -0.3 is 15.1 Å². The maximum Gasteiger partial charge on any atom is 0.254 e. The first-order chi connectivity index (χ1) is 12.1. The molecule has 0 saturated carbocycles. The first-order valence-electron chi connectivity index (χ1n) is 7.98. The second kappa shape index (κ2) is 7.54. The predicted molar refractivity (Wildman–Crippen MR) is 87.8 cm³/mol. The fourth-order valence-corrected chi connectivity index (χ4v) is 2.94. The van der Waals surface area contributed by atoms with E-state index in [1.807, 2.05) is 6.07 Å². The van der Waals surface area contributed by atoms with Crippen LogP contribution in [-0.4, -0.2) is 61.8 Å². The summed E-state index contributed by atoms with van der Waals surface area (Å²) in [7, 11) is 0. The van der Waals surface area contributed by atoms with Crippen LogP contribution in [0.2, 0.25) is 0 Å². The molecule has 0 bridgehead atoms. The standard InChI is InChI=1S/C17H19FN4O3/c18-14-3-1-2-13(10-22-9-6-19-20-22)16(14)12-4-7-21(8-5-12)17(25)15(24)11-23/h1-4,6,9,15,23-24H,5,7-8,10-11H2/t15-/m0/s1. The monoisotopic (exact) mass is 346 g/mol. The third-order valence-corrected chi connectivity index (χ3v) is 4.20. The zero-order valence-electron chi connectivity index (χ0n) is 13.5. The molecular formula is C17H19FN4O3. The molecule has 8 heteroatoms. The Morgan fingerprint density at radius 2 is 2.24 bits per heavy atom. The van der Waals surface area contributed by atoms with Crippen LogP contribution >= 0.6 is 0 Å². The molecule has 1 aliphatic rings. The summed E-state index contributed by atoms with van der Waals surface area (Å²) in [5.41, 5.74) is 2.12. The number of benzene rings is 1. The highest BCUT2D eigenvalue weighted by atomic mass is 19.1. The number of aliphatic hydroxyl groups is 2. The van der Waals surface area contributed by atoms with E-state index < -0.39 is 18.6 Å². The Kier molecular flexibility index (Phi) is 5.20. The Morgan fingerprint density at radius 1 is 1.40 bits per heavy atom. The lowest BCUT2D eigenvalue weighted by Gasteiger charge is -2.28. The van der Waals surface area contributed by atoms with Gasteiger partial charge in [0.05, 0.1) is 19.3 Å². The molecule has 2 heterocycles. The van der Waals surface area contributed by atoms with Crippen molar-refractivity contribution in [2.24, 2.45) is 0 Å². The summed E-state index contributed by atoms with van der Waals surface area (Å²) in [4.78, 5) is 13.4. The van der Waals surface area contributed by atoms with Gasteiger partial charge in [-0.1, -0.05) is 23.4 Å². The maximum atomic E-state index is 14.5. The van der Waals surface area contributed by atoms with Gasteiger partial charge in [0.25, 0.3) is 5.91 Å². The van der Waals surface area contributed by atoms with Gasteiger partial charge in [0.15, 0.2) is 6.10 Å². The zero-order valence-corrected chi connectivity index (χ0v) is 13.5. The van der Waals surface area contributed by atoms with Gasteiger partial charge in [0, 0.05) is 24.8 Å². The van der Waals surface area contributed by atoms with Gasteiger partial charge in [-0.25, -0.2) is 9.07 Å². The largest absolute Gasteiger partial charge is 0.393 e. The van der Waals surface area contributed by atoms with E-state index in [-0.39, 0.29) is 12.4 Å². The molecule has 1 atom stereocenters. The van der Waals surface area contributed by atoms with Crippen molar-refractivity contribution >= 4 is 11.5 Å². The Bertz CT molecular complexity index is 776. The first-order valence-corrected chi connectivity index (χ1v) is 7.98. The topological polar surface area (TPSA) is 91.5 Å². The molecule has 0 radical (unpaired) electrons. The lowest BCUT2D eigenvalue weighted by molar-refractivity contribution is -0.141. The summed E-state index contributed by atoms with van der Waals surface area (Å²) < 4.78 is 16.1. The van der Waals surface area contributed by atoms with E-state index in [0.717, 1.165) is 11.1 Å². The lowest BCUT2D eigenvalue weighted by atomic mass is 9.94. The van der Waals surface area contributed by atoms with Crippen LogP contribution in [0, 0.1) is 5.82 Å². The van der Waals surface area contributed by atoms with Crippen LogP contribution < -0.4 is 0 Å². The van der Waals surface area contributed by atoms with Gasteiger partial charge in [0.1, 0.15) is 5.82 Å². The number of hydrogen-bond acceptors (Lipinski definition) is 5. The van der Waals surface area contributed by atoms with Gasteiger partial charge in [-0.05, 0) is 23.6 Å². The number of hydrogen-bond donors (Lipinski definition) is 2. The molecule has 0 spiro atoms. The molecule has 2 N–H and O–H groups in total. The minimum absolute atomic E-state index is 0.266. The van der Waals surface area contributed by atoms with E-state index in [0.29, 0.717) is 25.1 Å². The quantitative estimate of drug-likeness (QED) is 0.819. The van der Waals surface area contributed by atoms with Crippen LogP contribution in [0.3, 0.4) is 0 Å². The number of halogens is 1. The highest BCUT2D eigenvalue weighted by Gasteiger charge is 2.25. The zero-order chi connectivity index (χ0) is 17.8. The fourth-order valence-electron chi connectivity index (χ4n) is 2.94. The third-order valence-electron chi connectivity index (χ3n) is 4.20. The van der Waals surface area contributed by atoms with E-state index >= 15 is 0 Å². The Labute approximate surface area is 144 Å². The SMILES string of the molecule is O=C([C@@H](O)CO)N1CC=C(c2c(F)cccc2Cn2ccnn2)CC1. The van der Waals surface area contributed by atoms with Gasteiger partial charge in [-0.2, -0.15) is 0 Å². The number of amides is 1. The van der Waals surface area contributed by atoms with Crippen molar-refractivity contribution in [3.63, 3.8) is 0 Å². The summed E-state index contributed by atoms with van der Waals surface area (Å²) in [6.07, 6.45) is 4.12. The predicted octanol–water partition coefficient (Wildman–Crippen LogP) is 0.434. The fraction of sp³-hybridized carbons (Fsp3) is 0.353. The van der Waals surface area contributed by atoms with Crippen molar-refractivity contribution in [1.82, 2.24) is 19.9 Å². The second-order valence-electron chi connectivity index (χ2n) is 5.84. The van der Waals surface area contributed by atoms with Crippen molar-refractivity contribution in [2.45, 2.75) is 19.1 Å². The van der Waals surface area contributed by atoms with Crippen LogP contribution in [0.15, 0.2) is 36.7 Å². The highest BCUT2D eigenvalue weighted by Crippen LogP contribution is 2.28. The molecular weight excluding hydrogens is 327 g/mol. The van der Waals surface area contributed by atoms with E-state index in [1.54, 1.807) is 29.2 Å². The average molecular weight is 346 g/mol. The molecule has 3 rings (SSSR count). The van der Waals surface area contributed by atoms with Crippen molar-refractivity contribution in [3.05, 3.63) is 53.6 Å². The van der Waals surface area contributed by atoms with E-state index in [9.17, 15) is 14.3 Å². The van der Waals surface area contributed by atoms with Crippen LogP contribution in [0.5, 0.6) is 0 Å². The third kappa shape index (κ3) is 3.75. The van der Waals surface area contributed by atoms with E-state index in [1.165, 1.54) is 11.0 Å². The van der Waals surface area contributed by atoms with Crippen molar-refractivity contribution in [3.8, 4) is 0 Å². The van der Waals surface area contributed by atoms with Gasteiger partial charge in [0.2, 0.25) is 0 Å². The maximum absolute atomic E-state index is 14.5. The molecule has 1 aliphatic heterocycles. The smallest absolute Gasteiger partial charge is 0.254 e. The van der Waals surface area contributed by atoms with Crippen molar-refractivity contribution in [2.75, 3.05) is 19.7 Å². The normalized spacial score (nSPS) is 15.8. The Hall–Kier alpha value is -2.58. The molecule has 0 aliphatic carbocycles. The lowest BCUT2D eigenvalue weighted by Crippen LogP contribution is -2.42. The van der Waals surface area contributed by atoms with Crippen molar-refractivity contribution < 1.29 is 19.4 Å². The van der Waals surface area contributed by atoms with Gasteiger partial charge in [-0.15, -0.1) is 5.10 Å². The first kappa shape index (κ1) is 17.2. The minimum Gasteiger partial charge on any atom is -0.393 e. The number of aliphatic hydroxyl groups excluding tert-OH is 2.